The van der Waals surface area contributed by atoms with Gasteiger partial charge in [-0.3, -0.25) is 0 Å². The van der Waals surface area contributed by atoms with Gasteiger partial charge < -0.3 is 15.7 Å². The Morgan fingerprint density at radius 3 is 2.63 bits per heavy atom. The number of piperidine rings is 1. The Morgan fingerprint density at radius 2 is 2.11 bits per heavy atom. The van der Waals surface area contributed by atoms with E-state index >= 15 is 0 Å². The van der Waals surface area contributed by atoms with Crippen LogP contribution in [0.2, 0.25) is 5.02 Å². The summed E-state index contributed by atoms with van der Waals surface area (Å²) in [6, 6.07) is 6.11. The van der Waals surface area contributed by atoms with E-state index in [4.69, 9.17) is 22.4 Å². The van der Waals surface area contributed by atoms with Gasteiger partial charge in [0.05, 0.1) is 0 Å². The molecular weight excluding hydrogens is 264 g/mol. The zero-order chi connectivity index (χ0) is 13.8. The van der Waals surface area contributed by atoms with Crippen LogP contribution in [0.1, 0.15) is 29.9 Å². The number of hydrogen-bond acceptors (Lipinski definition) is 2. The average molecular weight is 283 g/mol. The molecule has 0 aromatic heterocycles. The van der Waals surface area contributed by atoms with Crippen LogP contribution in [0.25, 0.3) is 0 Å². The van der Waals surface area contributed by atoms with Crippen molar-refractivity contribution in [3.05, 3.63) is 34.3 Å². The number of hydrogen-bond donors (Lipinski definition) is 2. The van der Waals surface area contributed by atoms with Crippen LogP contribution in [-0.4, -0.2) is 35.7 Å². The Morgan fingerprint density at radius 1 is 1.42 bits per heavy atom. The van der Waals surface area contributed by atoms with Gasteiger partial charge in [-0.2, -0.15) is 0 Å². The minimum Gasteiger partial charge on any atom is -0.465 e. The van der Waals surface area contributed by atoms with Gasteiger partial charge in [0.1, 0.15) is 0 Å². The molecule has 1 saturated heterocycles. The highest BCUT2D eigenvalue weighted by Gasteiger charge is 2.24. The summed E-state index contributed by atoms with van der Waals surface area (Å²) in [7, 11) is 0. The highest BCUT2D eigenvalue weighted by atomic mass is 35.5. The fourth-order valence-corrected chi connectivity index (χ4v) is 2.96. The fraction of sp³-hybridized carbons (Fsp3) is 0.500. The standard InChI is InChI=1S/C14H19ClN2O2/c15-13-9-10(3-6-16)1-2-12(13)11-4-7-17(8-5-11)14(18)19/h1-2,9,11H,3-8,16H2,(H,18,19). The number of amides is 1. The van der Waals surface area contributed by atoms with Crippen molar-refractivity contribution >= 4 is 17.7 Å². The first-order valence-electron chi connectivity index (χ1n) is 6.58. The van der Waals surface area contributed by atoms with Gasteiger partial charge in [-0.15, -0.1) is 0 Å². The normalized spacial score (nSPS) is 16.6. The maximum atomic E-state index is 10.9. The third-order valence-corrected chi connectivity index (χ3v) is 4.03. The van der Waals surface area contributed by atoms with E-state index in [0.717, 1.165) is 35.4 Å². The van der Waals surface area contributed by atoms with Crippen LogP contribution in [0.5, 0.6) is 0 Å². The van der Waals surface area contributed by atoms with E-state index < -0.39 is 6.09 Å². The number of benzene rings is 1. The summed E-state index contributed by atoms with van der Waals surface area (Å²) in [5.41, 5.74) is 7.81. The highest BCUT2D eigenvalue weighted by molar-refractivity contribution is 6.31. The molecule has 104 valence electrons. The first-order valence-corrected chi connectivity index (χ1v) is 6.96. The smallest absolute Gasteiger partial charge is 0.407 e. The SMILES string of the molecule is NCCc1ccc(C2CCN(C(=O)O)CC2)c(Cl)c1. The largest absolute Gasteiger partial charge is 0.465 e. The topological polar surface area (TPSA) is 66.6 Å². The molecule has 0 unspecified atom stereocenters. The Bertz CT molecular complexity index is 457. The molecule has 0 atom stereocenters. The second kappa shape index (κ2) is 6.26. The van der Waals surface area contributed by atoms with Crippen molar-refractivity contribution in [2.45, 2.75) is 25.2 Å². The number of nitrogens with two attached hydrogens (primary N) is 1. The molecule has 4 nitrogen and oxygen atoms in total. The van der Waals surface area contributed by atoms with Gasteiger partial charge in [0.2, 0.25) is 0 Å². The van der Waals surface area contributed by atoms with Crippen molar-refractivity contribution in [3.8, 4) is 0 Å². The number of likely N-dealkylation sites (tertiary alicyclic amines) is 1. The molecule has 19 heavy (non-hydrogen) atoms. The first-order chi connectivity index (χ1) is 9.11. The number of halogens is 1. The van der Waals surface area contributed by atoms with Crippen LogP contribution in [0, 0.1) is 0 Å². The minimum absolute atomic E-state index is 0.357. The summed E-state index contributed by atoms with van der Waals surface area (Å²) in [5, 5.41) is 9.71. The first kappa shape index (κ1) is 14.2. The second-order valence-electron chi connectivity index (χ2n) is 4.94. The van der Waals surface area contributed by atoms with E-state index in [9.17, 15) is 4.79 Å². The molecule has 1 fully saturated rings. The van der Waals surface area contributed by atoms with Gasteiger partial charge in [0.15, 0.2) is 0 Å². The van der Waals surface area contributed by atoms with Crippen molar-refractivity contribution < 1.29 is 9.90 Å². The zero-order valence-electron chi connectivity index (χ0n) is 10.8. The van der Waals surface area contributed by atoms with Crippen molar-refractivity contribution in [1.82, 2.24) is 4.90 Å². The zero-order valence-corrected chi connectivity index (χ0v) is 11.6. The lowest BCUT2D eigenvalue weighted by molar-refractivity contribution is 0.132. The Kier molecular flexibility index (Phi) is 4.66. The summed E-state index contributed by atoms with van der Waals surface area (Å²) < 4.78 is 0. The summed E-state index contributed by atoms with van der Waals surface area (Å²) in [6.07, 6.45) is 1.67. The molecule has 0 bridgehead atoms. The van der Waals surface area contributed by atoms with Gasteiger partial charge >= 0.3 is 6.09 Å². The lowest BCUT2D eigenvalue weighted by Crippen LogP contribution is -2.36. The van der Waals surface area contributed by atoms with Gasteiger partial charge in [0.25, 0.3) is 0 Å². The van der Waals surface area contributed by atoms with Crippen molar-refractivity contribution in [2.24, 2.45) is 5.73 Å². The summed E-state index contributed by atoms with van der Waals surface area (Å²) in [4.78, 5) is 12.3. The average Bonchev–Trinajstić information content (AvgIpc) is 2.39. The van der Waals surface area contributed by atoms with Crippen LogP contribution in [0.15, 0.2) is 18.2 Å². The monoisotopic (exact) mass is 282 g/mol. The maximum Gasteiger partial charge on any atom is 0.407 e. The molecule has 0 saturated carbocycles. The van der Waals surface area contributed by atoms with Gasteiger partial charge in [-0.1, -0.05) is 23.7 Å². The molecule has 1 amide bonds. The third kappa shape index (κ3) is 3.39. The molecule has 5 heteroatoms. The number of carboxylic acid groups (broad SMARTS) is 1. The molecule has 1 aromatic rings. The van der Waals surface area contributed by atoms with E-state index in [1.807, 2.05) is 6.07 Å². The van der Waals surface area contributed by atoms with Crippen molar-refractivity contribution in [2.75, 3.05) is 19.6 Å². The maximum absolute atomic E-state index is 10.9. The van der Waals surface area contributed by atoms with Gasteiger partial charge in [-0.05, 0) is 48.9 Å². The van der Waals surface area contributed by atoms with Crippen molar-refractivity contribution in [3.63, 3.8) is 0 Å². The Balaban J connectivity index is 2.05. The fourth-order valence-electron chi connectivity index (χ4n) is 2.61. The van der Waals surface area contributed by atoms with E-state index in [2.05, 4.69) is 12.1 Å². The second-order valence-corrected chi connectivity index (χ2v) is 5.35. The predicted octanol–water partition coefficient (Wildman–Crippen LogP) is 2.70. The molecule has 0 radical (unpaired) electrons. The Hall–Kier alpha value is -1.26. The van der Waals surface area contributed by atoms with Crippen LogP contribution < -0.4 is 5.73 Å². The van der Waals surface area contributed by atoms with E-state index in [-0.39, 0.29) is 0 Å². The number of rotatable bonds is 3. The summed E-state index contributed by atoms with van der Waals surface area (Å²) in [6.45, 7) is 1.79. The molecule has 0 spiro atoms. The quantitative estimate of drug-likeness (QED) is 0.896. The van der Waals surface area contributed by atoms with Crippen LogP contribution in [0.3, 0.4) is 0 Å². The lowest BCUT2D eigenvalue weighted by Gasteiger charge is -2.30. The lowest BCUT2D eigenvalue weighted by atomic mass is 9.89. The molecule has 1 heterocycles. The predicted molar refractivity (Wildman–Crippen MR) is 75.8 cm³/mol. The molecular formula is C14H19ClN2O2. The minimum atomic E-state index is -0.831. The van der Waals surface area contributed by atoms with E-state index in [1.54, 1.807) is 0 Å². The number of nitrogens with zero attached hydrogens (tertiary/aromatic N) is 1. The van der Waals surface area contributed by atoms with Crippen LogP contribution in [-0.2, 0) is 6.42 Å². The van der Waals surface area contributed by atoms with Crippen LogP contribution in [0.4, 0.5) is 4.79 Å². The molecule has 0 aliphatic carbocycles. The van der Waals surface area contributed by atoms with Crippen molar-refractivity contribution in [1.29, 1.82) is 0 Å². The van der Waals surface area contributed by atoms with E-state index in [1.165, 1.54) is 4.90 Å². The van der Waals surface area contributed by atoms with Crippen LogP contribution >= 0.6 is 11.6 Å². The highest BCUT2D eigenvalue weighted by Crippen LogP contribution is 2.33. The molecule has 2 rings (SSSR count). The number of carbonyl (C=O) groups is 1. The summed E-state index contributed by atoms with van der Waals surface area (Å²) >= 11 is 6.33. The van der Waals surface area contributed by atoms with E-state index in [0.29, 0.717) is 25.6 Å². The van der Waals surface area contributed by atoms with Gasteiger partial charge in [0, 0.05) is 18.1 Å². The third-order valence-electron chi connectivity index (χ3n) is 3.70. The summed E-state index contributed by atoms with van der Waals surface area (Å²) in [5.74, 6) is 0.357. The van der Waals surface area contributed by atoms with Gasteiger partial charge in [-0.25, -0.2) is 4.79 Å². The molecule has 1 aliphatic heterocycles. The Labute approximate surface area is 118 Å². The molecule has 1 aliphatic rings. The molecule has 1 aromatic carbocycles. The molecule has 3 N–H and O–H groups in total.